The highest BCUT2D eigenvalue weighted by molar-refractivity contribution is 5.68. The molecule has 2 heterocycles. The first-order valence-electron chi connectivity index (χ1n) is 8.53. The molecule has 1 unspecified atom stereocenters. The molecule has 1 amide bonds. The second kappa shape index (κ2) is 7.34. The molecule has 1 aromatic rings. The summed E-state index contributed by atoms with van der Waals surface area (Å²) in [5, 5.41) is 4.56. The van der Waals surface area contributed by atoms with Crippen LogP contribution < -0.4 is 5.73 Å². The number of aromatic nitrogens is 2. The highest BCUT2D eigenvalue weighted by Crippen LogP contribution is 2.25. The van der Waals surface area contributed by atoms with Crippen LogP contribution in [0.1, 0.15) is 57.3 Å². The summed E-state index contributed by atoms with van der Waals surface area (Å²) in [5.41, 5.74) is 7.58. The molecule has 1 aliphatic rings. The minimum Gasteiger partial charge on any atom is -0.444 e. The first kappa shape index (κ1) is 17.8. The molecule has 1 saturated heterocycles. The molecule has 0 saturated carbocycles. The summed E-state index contributed by atoms with van der Waals surface area (Å²) < 4.78 is 7.57. The van der Waals surface area contributed by atoms with Gasteiger partial charge < -0.3 is 15.4 Å². The lowest BCUT2D eigenvalue weighted by atomic mass is 10.1. The number of nitrogens with zero attached hydrogens (tertiary/aromatic N) is 3. The summed E-state index contributed by atoms with van der Waals surface area (Å²) in [5.74, 6) is 0. The van der Waals surface area contributed by atoms with Crippen molar-refractivity contribution in [3.05, 3.63) is 17.5 Å². The Morgan fingerprint density at radius 2 is 2.22 bits per heavy atom. The maximum atomic E-state index is 12.3. The predicted octanol–water partition coefficient (Wildman–Crippen LogP) is 2.65. The van der Waals surface area contributed by atoms with Gasteiger partial charge >= 0.3 is 6.09 Å². The molecule has 1 aromatic heterocycles. The molecule has 130 valence electrons. The van der Waals surface area contributed by atoms with Gasteiger partial charge in [-0.2, -0.15) is 5.10 Å². The zero-order valence-corrected chi connectivity index (χ0v) is 14.8. The van der Waals surface area contributed by atoms with E-state index < -0.39 is 5.60 Å². The number of nitrogens with two attached hydrogens (primary N) is 1. The van der Waals surface area contributed by atoms with Gasteiger partial charge in [0.25, 0.3) is 0 Å². The Balaban J connectivity index is 2.04. The van der Waals surface area contributed by atoms with Crippen LogP contribution in [-0.2, 0) is 11.2 Å². The first-order chi connectivity index (χ1) is 10.8. The molecule has 0 spiro atoms. The zero-order chi connectivity index (χ0) is 17.0. The van der Waals surface area contributed by atoms with Crippen LogP contribution in [0.25, 0.3) is 0 Å². The van der Waals surface area contributed by atoms with Gasteiger partial charge in [0.05, 0.1) is 12.2 Å². The van der Waals surface area contributed by atoms with Crippen molar-refractivity contribution in [2.24, 2.45) is 5.73 Å². The molecule has 0 radical (unpaired) electrons. The van der Waals surface area contributed by atoms with E-state index in [1.807, 2.05) is 27.0 Å². The van der Waals surface area contributed by atoms with Gasteiger partial charge in [0.2, 0.25) is 0 Å². The number of rotatable bonds is 4. The van der Waals surface area contributed by atoms with E-state index in [9.17, 15) is 4.79 Å². The van der Waals surface area contributed by atoms with E-state index in [0.717, 1.165) is 32.2 Å². The lowest BCUT2D eigenvalue weighted by molar-refractivity contribution is 0.0166. The lowest BCUT2D eigenvalue weighted by Crippen LogP contribution is -2.43. The van der Waals surface area contributed by atoms with Gasteiger partial charge in [-0.3, -0.25) is 4.68 Å². The van der Waals surface area contributed by atoms with E-state index in [0.29, 0.717) is 13.1 Å². The van der Waals surface area contributed by atoms with Crippen molar-refractivity contribution in [1.29, 1.82) is 0 Å². The van der Waals surface area contributed by atoms with Crippen LogP contribution in [0.15, 0.2) is 6.20 Å². The Hall–Kier alpha value is -1.56. The largest absolute Gasteiger partial charge is 0.444 e. The Morgan fingerprint density at radius 3 is 2.87 bits per heavy atom. The minimum absolute atomic E-state index is 0.225. The fourth-order valence-electron chi connectivity index (χ4n) is 3.01. The second-order valence-electron chi connectivity index (χ2n) is 7.31. The van der Waals surface area contributed by atoms with Gasteiger partial charge in [-0.1, -0.05) is 0 Å². The van der Waals surface area contributed by atoms with Crippen LogP contribution in [0.3, 0.4) is 0 Å². The molecule has 0 aromatic carbocycles. The fourth-order valence-corrected chi connectivity index (χ4v) is 3.01. The molecule has 23 heavy (non-hydrogen) atoms. The van der Waals surface area contributed by atoms with E-state index in [4.69, 9.17) is 10.5 Å². The van der Waals surface area contributed by atoms with Crippen molar-refractivity contribution < 1.29 is 9.53 Å². The summed E-state index contributed by atoms with van der Waals surface area (Å²) in [7, 11) is 0. The standard InChI is InChI=1S/C17H30N4O2/c1-13-14(7-5-9-18)11-19-21(13)15-8-6-10-20(12-15)16(22)23-17(2,3)4/h11,15H,5-10,12,18H2,1-4H3. The average Bonchev–Trinajstić information content (AvgIpc) is 2.84. The van der Waals surface area contributed by atoms with Crippen LogP contribution in [0.2, 0.25) is 0 Å². The van der Waals surface area contributed by atoms with Crippen molar-refractivity contribution >= 4 is 6.09 Å². The van der Waals surface area contributed by atoms with Gasteiger partial charge in [-0.05, 0) is 65.5 Å². The van der Waals surface area contributed by atoms with Crippen LogP contribution in [-0.4, -0.2) is 46.0 Å². The lowest BCUT2D eigenvalue weighted by Gasteiger charge is -2.34. The Bertz CT molecular complexity index is 533. The Kier molecular flexibility index (Phi) is 5.68. The molecule has 0 bridgehead atoms. The second-order valence-corrected chi connectivity index (χ2v) is 7.31. The number of amides is 1. The van der Waals surface area contributed by atoms with Crippen LogP contribution in [0, 0.1) is 6.92 Å². The molecule has 1 aliphatic heterocycles. The number of carbonyl (C=O) groups excluding carboxylic acids is 1. The maximum Gasteiger partial charge on any atom is 0.410 e. The number of piperidine rings is 1. The quantitative estimate of drug-likeness (QED) is 0.925. The number of ether oxygens (including phenoxy) is 1. The third-order valence-electron chi connectivity index (χ3n) is 4.19. The van der Waals surface area contributed by atoms with E-state index in [-0.39, 0.29) is 12.1 Å². The SMILES string of the molecule is Cc1c(CCCN)cnn1C1CCCN(C(=O)OC(C)(C)C)C1. The molecule has 6 nitrogen and oxygen atoms in total. The van der Waals surface area contributed by atoms with E-state index in [2.05, 4.69) is 16.7 Å². The van der Waals surface area contributed by atoms with Gasteiger partial charge in [-0.15, -0.1) is 0 Å². The molecular formula is C17H30N4O2. The third-order valence-corrected chi connectivity index (χ3v) is 4.19. The van der Waals surface area contributed by atoms with E-state index in [1.54, 1.807) is 4.90 Å². The molecule has 1 atom stereocenters. The monoisotopic (exact) mass is 322 g/mol. The minimum atomic E-state index is -0.457. The zero-order valence-electron chi connectivity index (χ0n) is 14.8. The molecule has 6 heteroatoms. The van der Waals surface area contributed by atoms with Crippen molar-refractivity contribution in [2.75, 3.05) is 19.6 Å². The maximum absolute atomic E-state index is 12.3. The van der Waals surface area contributed by atoms with E-state index >= 15 is 0 Å². The summed E-state index contributed by atoms with van der Waals surface area (Å²) in [6.07, 6.45) is 5.67. The summed E-state index contributed by atoms with van der Waals surface area (Å²) in [4.78, 5) is 14.1. The normalized spacial score (nSPS) is 19.0. The number of hydrogen-bond acceptors (Lipinski definition) is 4. The Morgan fingerprint density at radius 1 is 1.48 bits per heavy atom. The van der Waals surface area contributed by atoms with Gasteiger partial charge in [0, 0.05) is 18.8 Å². The third kappa shape index (κ3) is 4.70. The van der Waals surface area contributed by atoms with Gasteiger partial charge in [0.1, 0.15) is 5.60 Å². The van der Waals surface area contributed by atoms with Crippen molar-refractivity contribution in [1.82, 2.24) is 14.7 Å². The molecule has 0 aliphatic carbocycles. The van der Waals surface area contributed by atoms with E-state index in [1.165, 1.54) is 11.3 Å². The number of hydrogen-bond donors (Lipinski definition) is 1. The predicted molar refractivity (Wildman–Crippen MR) is 90.4 cm³/mol. The molecule has 2 N–H and O–H groups in total. The number of carbonyl (C=O) groups is 1. The van der Waals surface area contributed by atoms with Crippen molar-refractivity contribution in [3.8, 4) is 0 Å². The molecule has 2 rings (SSSR count). The molecular weight excluding hydrogens is 292 g/mol. The highest BCUT2D eigenvalue weighted by atomic mass is 16.6. The number of aryl methyl sites for hydroxylation is 1. The van der Waals surface area contributed by atoms with Crippen molar-refractivity contribution in [2.45, 2.75) is 65.0 Å². The highest BCUT2D eigenvalue weighted by Gasteiger charge is 2.29. The first-order valence-corrected chi connectivity index (χ1v) is 8.53. The average molecular weight is 322 g/mol. The smallest absolute Gasteiger partial charge is 0.410 e. The Labute approximate surface area is 139 Å². The summed E-state index contributed by atoms with van der Waals surface area (Å²) >= 11 is 0. The summed E-state index contributed by atoms with van der Waals surface area (Å²) in [6.45, 7) is 9.90. The van der Waals surface area contributed by atoms with Crippen LogP contribution in [0.4, 0.5) is 4.79 Å². The van der Waals surface area contributed by atoms with Crippen LogP contribution >= 0.6 is 0 Å². The summed E-state index contributed by atoms with van der Waals surface area (Å²) in [6, 6.07) is 0.225. The molecule has 1 fully saturated rings. The van der Waals surface area contributed by atoms with Crippen LogP contribution in [0.5, 0.6) is 0 Å². The topological polar surface area (TPSA) is 73.4 Å². The fraction of sp³-hybridized carbons (Fsp3) is 0.765. The number of likely N-dealkylation sites (tertiary alicyclic amines) is 1. The van der Waals surface area contributed by atoms with Gasteiger partial charge in [0.15, 0.2) is 0 Å². The van der Waals surface area contributed by atoms with Crippen molar-refractivity contribution in [3.63, 3.8) is 0 Å². The van der Waals surface area contributed by atoms with Gasteiger partial charge in [-0.25, -0.2) is 4.79 Å².